The second kappa shape index (κ2) is 17.1. The predicted molar refractivity (Wildman–Crippen MR) is 120 cm³/mol. The molecule has 0 N–H and O–H groups in total. The summed E-state index contributed by atoms with van der Waals surface area (Å²) in [4.78, 5) is 0. The van der Waals surface area contributed by atoms with Gasteiger partial charge in [0.1, 0.15) is 18.5 Å². The quantitative estimate of drug-likeness (QED) is 0.124. The van der Waals surface area contributed by atoms with Crippen LogP contribution in [0.1, 0.15) is 57.4 Å². The Morgan fingerprint density at radius 3 is 2.32 bits per heavy atom. The number of unbranched alkanes of at least 4 members (excludes halogenated alkanes) is 6. The molecule has 1 atom stereocenters. The molecule has 8 heteroatoms. The maximum Gasteiger partial charge on any atom is 0.217 e. The van der Waals surface area contributed by atoms with Crippen LogP contribution in [0, 0.1) is 0 Å². The van der Waals surface area contributed by atoms with E-state index in [9.17, 15) is 13.0 Å². The molecule has 7 nitrogen and oxygen atoms in total. The lowest BCUT2D eigenvalue weighted by molar-refractivity contribution is -0.0399. The van der Waals surface area contributed by atoms with E-state index in [1.54, 1.807) is 6.08 Å². The van der Waals surface area contributed by atoms with Gasteiger partial charge in [-0.1, -0.05) is 63.7 Å². The Labute approximate surface area is 187 Å². The highest BCUT2D eigenvalue weighted by atomic mass is 32.3. The molecule has 0 fully saturated rings. The van der Waals surface area contributed by atoms with Gasteiger partial charge in [0, 0.05) is 0 Å². The molecule has 0 aliphatic carbocycles. The van der Waals surface area contributed by atoms with Crippen molar-refractivity contribution < 1.29 is 31.4 Å². The molecule has 0 saturated carbocycles. The molecular formula is C23H37O7S-. The van der Waals surface area contributed by atoms with Gasteiger partial charge in [-0.15, -0.1) is 6.58 Å². The van der Waals surface area contributed by atoms with E-state index < -0.39 is 16.5 Å². The lowest BCUT2D eigenvalue weighted by Crippen LogP contribution is -2.29. The number of hydrogen-bond donors (Lipinski definition) is 0. The second-order valence-corrected chi connectivity index (χ2v) is 8.43. The zero-order valence-electron chi connectivity index (χ0n) is 18.6. The molecule has 1 unspecified atom stereocenters. The van der Waals surface area contributed by atoms with E-state index in [0.717, 1.165) is 12.2 Å². The van der Waals surface area contributed by atoms with Crippen molar-refractivity contribution in [2.24, 2.45) is 0 Å². The van der Waals surface area contributed by atoms with Crippen molar-refractivity contribution >= 4 is 10.4 Å². The van der Waals surface area contributed by atoms with Gasteiger partial charge in [-0.3, -0.25) is 4.18 Å². The van der Waals surface area contributed by atoms with Gasteiger partial charge in [0.15, 0.2) is 0 Å². The highest BCUT2D eigenvalue weighted by Crippen LogP contribution is 2.16. The minimum atomic E-state index is -4.72. The van der Waals surface area contributed by atoms with Crippen LogP contribution in [0.15, 0.2) is 36.9 Å². The van der Waals surface area contributed by atoms with Crippen molar-refractivity contribution in [1.29, 1.82) is 0 Å². The molecule has 1 aromatic carbocycles. The van der Waals surface area contributed by atoms with Crippen molar-refractivity contribution in [3.05, 3.63) is 42.5 Å². The molecule has 0 bridgehead atoms. The summed E-state index contributed by atoms with van der Waals surface area (Å²) in [7, 11) is -4.72. The summed E-state index contributed by atoms with van der Waals surface area (Å²) in [5, 5.41) is 0. The zero-order valence-corrected chi connectivity index (χ0v) is 19.4. The van der Waals surface area contributed by atoms with Crippen LogP contribution in [0.5, 0.6) is 5.75 Å². The van der Waals surface area contributed by atoms with Crippen molar-refractivity contribution in [2.75, 3.05) is 33.0 Å². The van der Waals surface area contributed by atoms with Gasteiger partial charge in [0.05, 0.1) is 26.4 Å². The maximum atomic E-state index is 10.5. The Kier molecular flexibility index (Phi) is 15.3. The average Bonchev–Trinajstić information content (AvgIpc) is 2.74. The van der Waals surface area contributed by atoms with E-state index in [-0.39, 0.29) is 26.4 Å². The van der Waals surface area contributed by atoms with Crippen molar-refractivity contribution in [1.82, 2.24) is 0 Å². The third-order valence-corrected chi connectivity index (χ3v) is 5.09. The summed E-state index contributed by atoms with van der Waals surface area (Å²) < 4.78 is 52.2. The van der Waals surface area contributed by atoms with Crippen LogP contribution in [0.25, 0.3) is 0 Å². The van der Waals surface area contributed by atoms with Crippen molar-refractivity contribution in [3.63, 3.8) is 0 Å². The normalized spacial score (nSPS) is 12.6. The SMILES string of the molecule is C=CCOCC(COc1ccc(CCCCCCCCC)cc1)OCCOS(=O)(=O)[O-]. The minimum absolute atomic E-state index is 0.0652. The van der Waals surface area contributed by atoms with Gasteiger partial charge in [0.2, 0.25) is 10.4 Å². The van der Waals surface area contributed by atoms with Crippen LogP contribution in [0.3, 0.4) is 0 Å². The Bertz CT molecular complexity index is 674. The van der Waals surface area contributed by atoms with Crippen LogP contribution >= 0.6 is 0 Å². The van der Waals surface area contributed by atoms with Crippen LogP contribution in [-0.4, -0.2) is 52.1 Å². The predicted octanol–water partition coefficient (Wildman–Crippen LogP) is 4.42. The first kappa shape index (κ1) is 27.6. The van der Waals surface area contributed by atoms with Gasteiger partial charge >= 0.3 is 0 Å². The fraction of sp³-hybridized carbons (Fsp3) is 0.652. The summed E-state index contributed by atoms with van der Waals surface area (Å²) >= 11 is 0. The fourth-order valence-corrected chi connectivity index (χ4v) is 3.28. The molecule has 0 saturated heterocycles. The van der Waals surface area contributed by atoms with Gasteiger partial charge in [-0.25, -0.2) is 8.42 Å². The molecule has 0 heterocycles. The number of aryl methyl sites for hydroxylation is 1. The molecule has 0 spiro atoms. The first-order chi connectivity index (χ1) is 14.9. The van der Waals surface area contributed by atoms with Gasteiger partial charge in [-0.2, -0.15) is 0 Å². The number of ether oxygens (including phenoxy) is 3. The van der Waals surface area contributed by atoms with E-state index in [0.29, 0.717) is 6.61 Å². The van der Waals surface area contributed by atoms with Crippen LogP contribution < -0.4 is 4.74 Å². The van der Waals surface area contributed by atoms with Crippen LogP contribution in [0.2, 0.25) is 0 Å². The topological polar surface area (TPSA) is 94.1 Å². The molecule has 1 aromatic rings. The van der Waals surface area contributed by atoms with E-state index >= 15 is 0 Å². The molecule has 0 aromatic heterocycles. The molecule has 1 rings (SSSR count). The molecule has 31 heavy (non-hydrogen) atoms. The van der Waals surface area contributed by atoms with E-state index in [4.69, 9.17) is 14.2 Å². The monoisotopic (exact) mass is 457 g/mol. The first-order valence-corrected chi connectivity index (χ1v) is 12.4. The molecule has 0 radical (unpaired) electrons. The fourth-order valence-electron chi connectivity index (χ4n) is 3.01. The summed E-state index contributed by atoms with van der Waals surface area (Å²) in [6.45, 7) is 6.23. The Balaban J connectivity index is 2.33. The zero-order chi connectivity index (χ0) is 22.8. The second-order valence-electron chi connectivity index (χ2n) is 7.38. The number of hydrogen-bond acceptors (Lipinski definition) is 7. The highest BCUT2D eigenvalue weighted by molar-refractivity contribution is 7.80. The molecular weight excluding hydrogens is 420 g/mol. The van der Waals surface area contributed by atoms with Crippen molar-refractivity contribution in [2.45, 2.75) is 64.4 Å². The average molecular weight is 458 g/mol. The summed E-state index contributed by atoms with van der Waals surface area (Å²) in [5.74, 6) is 0.721. The molecule has 178 valence electrons. The van der Waals surface area contributed by atoms with Gasteiger partial charge < -0.3 is 18.8 Å². The van der Waals surface area contributed by atoms with E-state index in [2.05, 4.69) is 29.8 Å². The Hall–Kier alpha value is -1.45. The third kappa shape index (κ3) is 15.9. The summed E-state index contributed by atoms with van der Waals surface area (Å²) in [5.41, 5.74) is 1.29. The molecule has 0 amide bonds. The lowest BCUT2D eigenvalue weighted by atomic mass is 10.0. The summed E-state index contributed by atoms with van der Waals surface area (Å²) in [6, 6.07) is 8.02. The number of rotatable bonds is 20. The smallest absolute Gasteiger partial charge is 0.217 e. The lowest BCUT2D eigenvalue weighted by Gasteiger charge is -2.19. The minimum Gasteiger partial charge on any atom is -0.726 e. The standard InChI is InChI=1S/C23H38O7S/c1-3-5-6-7-8-9-10-11-21-12-14-22(15-13-21)29-20-23(19-27-16-4-2)28-17-18-30-31(24,25)26/h4,12-15,23H,2-3,5-11,16-20H2,1H3,(H,24,25,26)/p-1. The summed E-state index contributed by atoms with van der Waals surface area (Å²) in [6.07, 6.45) is 11.3. The number of benzene rings is 1. The van der Waals surface area contributed by atoms with Gasteiger partial charge in [0.25, 0.3) is 0 Å². The molecule has 0 aliphatic rings. The Morgan fingerprint density at radius 2 is 1.68 bits per heavy atom. The first-order valence-electron chi connectivity index (χ1n) is 11.1. The third-order valence-electron chi connectivity index (χ3n) is 4.63. The Morgan fingerprint density at radius 1 is 1.00 bits per heavy atom. The maximum absolute atomic E-state index is 10.5. The van der Waals surface area contributed by atoms with E-state index in [1.165, 1.54) is 50.5 Å². The highest BCUT2D eigenvalue weighted by Gasteiger charge is 2.11. The van der Waals surface area contributed by atoms with Crippen molar-refractivity contribution in [3.8, 4) is 5.75 Å². The molecule has 0 aliphatic heterocycles. The van der Waals surface area contributed by atoms with Gasteiger partial charge in [-0.05, 0) is 30.5 Å². The van der Waals surface area contributed by atoms with Crippen LogP contribution in [0.4, 0.5) is 0 Å². The van der Waals surface area contributed by atoms with E-state index in [1.807, 2.05) is 12.1 Å². The van der Waals surface area contributed by atoms with Crippen LogP contribution in [-0.2, 0) is 30.5 Å². The largest absolute Gasteiger partial charge is 0.726 e.